The van der Waals surface area contributed by atoms with Gasteiger partial charge in [0.2, 0.25) is 0 Å². The summed E-state index contributed by atoms with van der Waals surface area (Å²) in [6, 6.07) is 12.0. The van der Waals surface area contributed by atoms with E-state index in [1.807, 2.05) is 0 Å². The van der Waals surface area contributed by atoms with Crippen molar-refractivity contribution in [3.63, 3.8) is 0 Å². The minimum Gasteiger partial charge on any atom is -0.493 e. The van der Waals surface area contributed by atoms with Gasteiger partial charge in [-0.2, -0.15) is 4.68 Å². The third-order valence-corrected chi connectivity index (χ3v) is 3.78. The fourth-order valence-electron chi connectivity index (χ4n) is 2.40. The molecule has 1 heterocycles. The third kappa shape index (κ3) is 4.12. The van der Waals surface area contributed by atoms with Gasteiger partial charge in [-0.1, -0.05) is 23.4 Å². The normalized spacial score (nSPS) is 10.9. The Labute approximate surface area is 154 Å². The van der Waals surface area contributed by atoms with Crippen molar-refractivity contribution in [1.82, 2.24) is 15.0 Å². The molecule has 0 fully saturated rings. The van der Waals surface area contributed by atoms with Gasteiger partial charge in [0.25, 0.3) is 5.56 Å². The van der Waals surface area contributed by atoms with Crippen molar-refractivity contribution in [1.29, 1.82) is 0 Å². The molecular formula is C19H17N3O5. The second-order valence-corrected chi connectivity index (χ2v) is 5.45. The summed E-state index contributed by atoms with van der Waals surface area (Å²) in [7, 11) is 3.07. The van der Waals surface area contributed by atoms with Gasteiger partial charge in [0.05, 0.1) is 19.6 Å². The van der Waals surface area contributed by atoms with Crippen LogP contribution >= 0.6 is 0 Å². The fraction of sp³-hybridized carbons (Fsp3) is 0.158. The molecule has 8 heteroatoms. The molecule has 3 aromatic rings. The van der Waals surface area contributed by atoms with Gasteiger partial charge in [-0.3, -0.25) is 4.79 Å². The Morgan fingerprint density at radius 3 is 2.67 bits per heavy atom. The number of hydrogen-bond donors (Lipinski definition) is 0. The standard InChI is InChI=1S/C19H17N3O5/c1-25-16-9-7-13(11-17(16)26-2)8-10-18(23)27-12-22-19(24)14-5-3-4-6-15(14)20-21-22/h3-11H,12H2,1-2H3/b10-8+. The smallest absolute Gasteiger partial charge is 0.332 e. The minimum absolute atomic E-state index is 0.328. The fourth-order valence-corrected chi connectivity index (χ4v) is 2.40. The van der Waals surface area contributed by atoms with Crippen LogP contribution in [0.15, 0.2) is 53.3 Å². The van der Waals surface area contributed by atoms with E-state index in [-0.39, 0.29) is 12.3 Å². The minimum atomic E-state index is -0.619. The first-order valence-electron chi connectivity index (χ1n) is 8.02. The van der Waals surface area contributed by atoms with Gasteiger partial charge in [-0.15, -0.1) is 5.10 Å². The number of carbonyl (C=O) groups is 1. The number of methoxy groups -OCH3 is 2. The molecule has 0 spiro atoms. The van der Waals surface area contributed by atoms with Crippen molar-refractivity contribution >= 4 is 22.9 Å². The van der Waals surface area contributed by atoms with Crippen molar-refractivity contribution in [2.45, 2.75) is 6.73 Å². The number of nitrogens with zero attached hydrogens (tertiary/aromatic N) is 3. The van der Waals surface area contributed by atoms with Gasteiger partial charge in [0.1, 0.15) is 5.52 Å². The predicted octanol–water partition coefficient (Wildman–Crippen LogP) is 2.02. The summed E-state index contributed by atoms with van der Waals surface area (Å²) in [5, 5.41) is 8.09. The molecule has 1 aromatic heterocycles. The topological polar surface area (TPSA) is 92.5 Å². The van der Waals surface area contributed by atoms with Crippen LogP contribution in [-0.2, 0) is 16.3 Å². The average molecular weight is 367 g/mol. The highest BCUT2D eigenvalue weighted by molar-refractivity contribution is 5.87. The molecule has 0 atom stereocenters. The van der Waals surface area contributed by atoms with Crippen molar-refractivity contribution < 1.29 is 19.0 Å². The van der Waals surface area contributed by atoms with Crippen molar-refractivity contribution in [2.24, 2.45) is 0 Å². The Kier molecular flexibility index (Phi) is 5.46. The Balaban J connectivity index is 1.67. The second kappa shape index (κ2) is 8.13. The Morgan fingerprint density at radius 1 is 1.11 bits per heavy atom. The van der Waals surface area contributed by atoms with Crippen LogP contribution in [0.5, 0.6) is 11.5 Å². The number of benzene rings is 2. The second-order valence-electron chi connectivity index (χ2n) is 5.45. The lowest BCUT2D eigenvalue weighted by Gasteiger charge is -2.07. The number of fused-ring (bicyclic) bond motifs is 1. The van der Waals surface area contributed by atoms with E-state index in [0.717, 1.165) is 10.2 Å². The van der Waals surface area contributed by atoms with Crippen LogP contribution in [0.2, 0.25) is 0 Å². The molecule has 0 N–H and O–H groups in total. The molecule has 0 aliphatic heterocycles. The van der Waals surface area contributed by atoms with E-state index < -0.39 is 5.97 Å². The number of ether oxygens (including phenoxy) is 3. The first-order chi connectivity index (χ1) is 13.1. The quantitative estimate of drug-likeness (QED) is 0.486. The first-order valence-corrected chi connectivity index (χ1v) is 8.02. The molecular weight excluding hydrogens is 350 g/mol. The lowest BCUT2D eigenvalue weighted by atomic mass is 10.2. The lowest BCUT2D eigenvalue weighted by Crippen LogP contribution is -2.26. The van der Waals surface area contributed by atoms with E-state index in [0.29, 0.717) is 22.4 Å². The summed E-state index contributed by atoms with van der Waals surface area (Å²) in [5.74, 6) is 0.518. The molecule has 138 valence electrons. The van der Waals surface area contributed by atoms with E-state index in [4.69, 9.17) is 14.2 Å². The highest BCUT2D eigenvalue weighted by Gasteiger charge is 2.07. The number of aromatic nitrogens is 3. The van der Waals surface area contributed by atoms with Gasteiger partial charge < -0.3 is 14.2 Å². The van der Waals surface area contributed by atoms with Crippen LogP contribution in [0.25, 0.3) is 17.0 Å². The average Bonchev–Trinajstić information content (AvgIpc) is 2.71. The van der Waals surface area contributed by atoms with Gasteiger partial charge >= 0.3 is 5.97 Å². The molecule has 0 radical (unpaired) electrons. The molecule has 8 nitrogen and oxygen atoms in total. The van der Waals surface area contributed by atoms with Crippen LogP contribution in [0, 0.1) is 0 Å². The van der Waals surface area contributed by atoms with E-state index in [9.17, 15) is 9.59 Å². The summed E-state index contributed by atoms with van der Waals surface area (Å²) >= 11 is 0. The zero-order valence-electron chi connectivity index (χ0n) is 14.8. The summed E-state index contributed by atoms with van der Waals surface area (Å²) < 4.78 is 16.4. The predicted molar refractivity (Wildman–Crippen MR) is 98.5 cm³/mol. The number of rotatable bonds is 6. The van der Waals surface area contributed by atoms with Crippen molar-refractivity contribution in [2.75, 3.05) is 14.2 Å². The van der Waals surface area contributed by atoms with Crippen LogP contribution in [0.1, 0.15) is 5.56 Å². The van der Waals surface area contributed by atoms with E-state index in [1.54, 1.807) is 55.7 Å². The zero-order valence-corrected chi connectivity index (χ0v) is 14.8. The van der Waals surface area contributed by atoms with Gasteiger partial charge in [0.15, 0.2) is 18.2 Å². The van der Waals surface area contributed by atoms with Crippen LogP contribution < -0.4 is 15.0 Å². The van der Waals surface area contributed by atoms with E-state index in [2.05, 4.69) is 10.3 Å². The molecule has 0 saturated carbocycles. The molecule has 0 aliphatic carbocycles. The molecule has 2 aromatic carbocycles. The molecule has 3 rings (SSSR count). The maximum absolute atomic E-state index is 12.3. The van der Waals surface area contributed by atoms with Crippen LogP contribution in [-0.4, -0.2) is 35.2 Å². The van der Waals surface area contributed by atoms with Gasteiger partial charge in [0, 0.05) is 6.08 Å². The first kappa shape index (κ1) is 18.1. The summed E-state index contributed by atoms with van der Waals surface area (Å²) in [6.45, 7) is -0.328. The number of carbonyl (C=O) groups excluding carboxylic acids is 1. The molecule has 0 amide bonds. The number of hydrogen-bond acceptors (Lipinski definition) is 7. The van der Waals surface area contributed by atoms with Gasteiger partial charge in [-0.25, -0.2) is 4.79 Å². The molecule has 27 heavy (non-hydrogen) atoms. The van der Waals surface area contributed by atoms with Crippen molar-refractivity contribution in [3.8, 4) is 11.5 Å². The van der Waals surface area contributed by atoms with Crippen LogP contribution in [0.4, 0.5) is 0 Å². The summed E-state index contributed by atoms with van der Waals surface area (Å²) in [6.07, 6.45) is 2.82. The summed E-state index contributed by atoms with van der Waals surface area (Å²) in [5.41, 5.74) is 0.836. The Hall–Kier alpha value is -3.68. The van der Waals surface area contributed by atoms with Crippen LogP contribution in [0.3, 0.4) is 0 Å². The largest absolute Gasteiger partial charge is 0.493 e. The summed E-state index contributed by atoms with van der Waals surface area (Å²) in [4.78, 5) is 24.2. The maximum Gasteiger partial charge on any atom is 0.332 e. The van der Waals surface area contributed by atoms with Gasteiger partial charge in [-0.05, 0) is 35.9 Å². The molecule has 0 unspecified atom stereocenters. The third-order valence-electron chi connectivity index (χ3n) is 3.78. The van der Waals surface area contributed by atoms with E-state index >= 15 is 0 Å². The lowest BCUT2D eigenvalue weighted by molar-refractivity contribution is -0.141. The SMILES string of the molecule is COc1ccc(/C=C/C(=O)OCn2nnc3ccccc3c2=O)cc1OC. The number of esters is 1. The highest BCUT2D eigenvalue weighted by atomic mass is 16.5. The monoisotopic (exact) mass is 367 g/mol. The Bertz CT molecular complexity index is 1060. The van der Waals surface area contributed by atoms with E-state index in [1.165, 1.54) is 13.2 Å². The highest BCUT2D eigenvalue weighted by Crippen LogP contribution is 2.27. The maximum atomic E-state index is 12.3. The Morgan fingerprint density at radius 2 is 1.89 bits per heavy atom. The molecule has 0 saturated heterocycles. The molecule has 0 bridgehead atoms. The molecule has 0 aliphatic rings. The van der Waals surface area contributed by atoms with Crippen molar-refractivity contribution in [3.05, 3.63) is 64.5 Å². The zero-order chi connectivity index (χ0) is 19.2.